The minimum absolute atomic E-state index is 0.0659. The van der Waals surface area contributed by atoms with E-state index in [1.165, 1.54) is 30.3 Å². The highest BCUT2D eigenvalue weighted by atomic mass is 32.2. The Morgan fingerprint density at radius 2 is 2.05 bits per heavy atom. The Labute approximate surface area is 125 Å². The van der Waals surface area contributed by atoms with E-state index in [0.717, 1.165) is 10.4 Å². The zero-order valence-electron chi connectivity index (χ0n) is 11.0. The highest BCUT2D eigenvalue weighted by molar-refractivity contribution is 7.94. The lowest BCUT2D eigenvalue weighted by atomic mass is 10.3. The Bertz CT molecular complexity index is 770. The second kappa shape index (κ2) is 5.82. The molecule has 2 rings (SSSR count). The molecular weight excluding hydrogens is 317 g/mol. The van der Waals surface area contributed by atoms with Crippen molar-refractivity contribution in [1.29, 1.82) is 0 Å². The number of rotatable bonds is 5. The number of halogens is 1. The van der Waals surface area contributed by atoms with Gasteiger partial charge >= 0.3 is 5.97 Å². The van der Waals surface area contributed by atoms with Crippen molar-refractivity contribution < 1.29 is 22.7 Å². The largest absolute Gasteiger partial charge is 0.477 e. The summed E-state index contributed by atoms with van der Waals surface area (Å²) in [5, 5.41) is 8.87. The number of nitrogens with zero attached hydrogens (tertiary/aromatic N) is 1. The molecule has 0 atom stereocenters. The van der Waals surface area contributed by atoms with Crippen molar-refractivity contribution in [2.45, 2.75) is 11.1 Å². The summed E-state index contributed by atoms with van der Waals surface area (Å²) in [5.41, 5.74) is 0.197. The summed E-state index contributed by atoms with van der Waals surface area (Å²) in [7, 11) is -3.91. The number of sulfonamides is 1. The number of aromatic carboxylic acids is 1. The van der Waals surface area contributed by atoms with E-state index in [4.69, 9.17) is 5.11 Å². The minimum Gasteiger partial charge on any atom is -0.477 e. The van der Waals surface area contributed by atoms with E-state index in [1.54, 1.807) is 6.92 Å². The van der Waals surface area contributed by atoms with Gasteiger partial charge < -0.3 is 5.11 Å². The summed E-state index contributed by atoms with van der Waals surface area (Å²) in [4.78, 5) is 10.8. The first-order valence-electron chi connectivity index (χ1n) is 5.97. The van der Waals surface area contributed by atoms with Gasteiger partial charge in [0.05, 0.1) is 5.69 Å². The molecule has 0 amide bonds. The molecule has 1 aromatic heterocycles. The number of carboxylic acids is 1. The fourth-order valence-electron chi connectivity index (χ4n) is 1.80. The van der Waals surface area contributed by atoms with E-state index < -0.39 is 21.8 Å². The number of anilines is 1. The van der Waals surface area contributed by atoms with Gasteiger partial charge in [0.1, 0.15) is 14.9 Å². The SMILES string of the molecule is CCN(c1cccc(F)c1)S(=O)(=O)c1ccc(C(=O)O)s1. The molecule has 21 heavy (non-hydrogen) atoms. The molecular formula is C13H12FNO4S2. The Morgan fingerprint density at radius 3 is 2.57 bits per heavy atom. The van der Waals surface area contributed by atoms with Crippen LogP contribution in [0.2, 0.25) is 0 Å². The topological polar surface area (TPSA) is 74.7 Å². The smallest absolute Gasteiger partial charge is 0.345 e. The van der Waals surface area contributed by atoms with Gasteiger partial charge in [-0.25, -0.2) is 17.6 Å². The monoisotopic (exact) mass is 329 g/mol. The van der Waals surface area contributed by atoms with Crippen molar-refractivity contribution in [3.8, 4) is 0 Å². The maximum Gasteiger partial charge on any atom is 0.345 e. The van der Waals surface area contributed by atoms with Crippen LogP contribution in [0.15, 0.2) is 40.6 Å². The fraction of sp³-hybridized carbons (Fsp3) is 0.154. The van der Waals surface area contributed by atoms with E-state index >= 15 is 0 Å². The number of hydrogen-bond acceptors (Lipinski definition) is 4. The van der Waals surface area contributed by atoms with E-state index in [2.05, 4.69) is 0 Å². The van der Waals surface area contributed by atoms with Crippen LogP contribution in [0.4, 0.5) is 10.1 Å². The first-order valence-corrected chi connectivity index (χ1v) is 8.23. The first kappa shape index (κ1) is 15.5. The number of thiophene rings is 1. The van der Waals surface area contributed by atoms with Crippen LogP contribution in [-0.2, 0) is 10.0 Å². The van der Waals surface area contributed by atoms with Gasteiger partial charge in [-0.3, -0.25) is 4.31 Å². The molecule has 0 saturated heterocycles. The van der Waals surface area contributed by atoms with Gasteiger partial charge in [0.15, 0.2) is 0 Å². The average Bonchev–Trinajstić information content (AvgIpc) is 2.89. The van der Waals surface area contributed by atoms with Gasteiger partial charge in [-0.2, -0.15) is 0 Å². The molecule has 5 nitrogen and oxygen atoms in total. The standard InChI is InChI=1S/C13H12FNO4S2/c1-2-15(10-5-3-4-9(14)8-10)21(18,19)12-7-6-11(20-12)13(16)17/h3-8H,2H2,1H3,(H,16,17). The average molecular weight is 329 g/mol. The maximum absolute atomic E-state index is 13.3. The summed E-state index contributed by atoms with van der Waals surface area (Å²) in [6.07, 6.45) is 0. The minimum atomic E-state index is -3.91. The number of carboxylic acid groups (broad SMARTS) is 1. The number of hydrogen-bond donors (Lipinski definition) is 1. The molecule has 8 heteroatoms. The molecule has 0 bridgehead atoms. The fourth-order valence-corrected chi connectivity index (χ4v) is 4.53. The van der Waals surface area contributed by atoms with E-state index in [9.17, 15) is 17.6 Å². The Morgan fingerprint density at radius 1 is 1.33 bits per heavy atom. The molecule has 1 heterocycles. The quantitative estimate of drug-likeness (QED) is 0.915. The molecule has 0 unspecified atom stereocenters. The Balaban J connectivity index is 2.46. The van der Waals surface area contributed by atoms with Gasteiger partial charge in [-0.1, -0.05) is 6.07 Å². The highest BCUT2D eigenvalue weighted by Crippen LogP contribution is 2.28. The Kier molecular flexibility index (Phi) is 4.29. The predicted octanol–water partition coefficient (Wildman–Crippen LogP) is 2.80. The van der Waals surface area contributed by atoms with Crippen LogP contribution in [-0.4, -0.2) is 26.0 Å². The van der Waals surface area contributed by atoms with Crippen LogP contribution >= 0.6 is 11.3 Å². The van der Waals surface area contributed by atoms with E-state index in [-0.39, 0.29) is 21.3 Å². The summed E-state index contributed by atoms with van der Waals surface area (Å²) in [6, 6.07) is 7.71. The summed E-state index contributed by atoms with van der Waals surface area (Å²) in [5.74, 6) is -1.73. The third-order valence-corrected chi connectivity index (χ3v) is 6.16. The van der Waals surface area contributed by atoms with E-state index in [0.29, 0.717) is 11.3 Å². The van der Waals surface area contributed by atoms with Crippen molar-refractivity contribution in [2.75, 3.05) is 10.8 Å². The third kappa shape index (κ3) is 3.06. The van der Waals surface area contributed by atoms with Crippen molar-refractivity contribution in [3.05, 3.63) is 47.1 Å². The van der Waals surface area contributed by atoms with Gasteiger partial charge in [0.2, 0.25) is 0 Å². The second-order valence-corrected chi connectivity index (χ2v) is 7.25. The lowest BCUT2D eigenvalue weighted by Crippen LogP contribution is -2.30. The zero-order valence-corrected chi connectivity index (χ0v) is 12.6. The molecule has 2 aromatic rings. The molecule has 0 aliphatic carbocycles. The predicted molar refractivity (Wildman–Crippen MR) is 77.9 cm³/mol. The zero-order chi connectivity index (χ0) is 15.6. The molecule has 0 saturated carbocycles. The summed E-state index contributed by atoms with van der Waals surface area (Å²) >= 11 is 0.668. The van der Waals surface area contributed by atoms with Crippen molar-refractivity contribution in [2.24, 2.45) is 0 Å². The lowest BCUT2D eigenvalue weighted by molar-refractivity contribution is 0.0702. The van der Waals surface area contributed by atoms with Gasteiger partial charge in [-0.05, 0) is 37.3 Å². The second-order valence-electron chi connectivity index (χ2n) is 4.07. The number of carbonyl (C=O) groups is 1. The Hall–Kier alpha value is -1.93. The first-order chi connectivity index (χ1) is 9.86. The molecule has 112 valence electrons. The van der Waals surface area contributed by atoms with Gasteiger partial charge in [0.25, 0.3) is 10.0 Å². The maximum atomic E-state index is 13.3. The van der Waals surface area contributed by atoms with Crippen LogP contribution in [0, 0.1) is 5.82 Å². The van der Waals surface area contributed by atoms with Crippen molar-refractivity contribution in [3.63, 3.8) is 0 Å². The highest BCUT2D eigenvalue weighted by Gasteiger charge is 2.26. The van der Waals surface area contributed by atoms with Crippen molar-refractivity contribution in [1.82, 2.24) is 0 Å². The molecule has 0 aliphatic rings. The van der Waals surface area contributed by atoms with Gasteiger partial charge in [0, 0.05) is 6.54 Å². The molecule has 0 fully saturated rings. The van der Waals surface area contributed by atoms with Crippen LogP contribution in [0.5, 0.6) is 0 Å². The molecule has 0 spiro atoms. The van der Waals surface area contributed by atoms with Crippen LogP contribution < -0.4 is 4.31 Å². The van der Waals surface area contributed by atoms with Crippen LogP contribution in [0.25, 0.3) is 0 Å². The van der Waals surface area contributed by atoms with Gasteiger partial charge in [-0.15, -0.1) is 11.3 Å². The third-order valence-electron chi connectivity index (χ3n) is 2.72. The summed E-state index contributed by atoms with van der Waals surface area (Å²) in [6.45, 7) is 1.72. The molecule has 1 aromatic carbocycles. The lowest BCUT2D eigenvalue weighted by Gasteiger charge is -2.21. The molecule has 0 aliphatic heterocycles. The van der Waals surface area contributed by atoms with Crippen LogP contribution in [0.3, 0.4) is 0 Å². The summed E-state index contributed by atoms with van der Waals surface area (Å²) < 4.78 is 39.3. The van der Waals surface area contributed by atoms with Crippen molar-refractivity contribution >= 4 is 33.0 Å². The van der Waals surface area contributed by atoms with Crippen LogP contribution in [0.1, 0.15) is 16.6 Å². The molecule has 1 N–H and O–H groups in total. The van der Waals surface area contributed by atoms with E-state index in [1.807, 2.05) is 0 Å². The number of benzene rings is 1. The molecule has 0 radical (unpaired) electrons. The normalized spacial score (nSPS) is 11.3.